The van der Waals surface area contributed by atoms with Crippen LogP contribution < -0.4 is 0 Å². The average Bonchev–Trinajstić information content (AvgIpc) is 2.49. The minimum absolute atomic E-state index is 0.0903. The van der Waals surface area contributed by atoms with Gasteiger partial charge in [-0.05, 0) is 0 Å². The minimum atomic E-state index is -4.06. The van der Waals surface area contributed by atoms with Crippen molar-refractivity contribution >= 4 is 18.2 Å². The Balaban J connectivity index is 1.97. The number of phosphoric acid groups is 1. The van der Waals surface area contributed by atoms with Crippen LogP contribution in [0.15, 0.2) is 0 Å². The van der Waals surface area contributed by atoms with Crippen molar-refractivity contribution in [2.75, 3.05) is 19.8 Å². The van der Waals surface area contributed by atoms with E-state index in [0.717, 1.165) is 0 Å². The van der Waals surface area contributed by atoms with Crippen LogP contribution in [0, 0.1) is 0 Å². The zero-order valence-corrected chi connectivity index (χ0v) is 9.24. The Bertz CT molecular complexity index is 366. The van der Waals surface area contributed by atoms with Gasteiger partial charge >= 0.3 is 18.2 Å². The molecule has 1 unspecified atom stereocenters. The number of rotatable bonds is 2. The molecule has 2 aliphatic heterocycles. The number of hydrogen-bond acceptors (Lipinski definition) is 8. The first-order valence-corrected chi connectivity index (χ1v) is 6.94. The number of phosphoric ester groups is 1. The lowest BCUT2D eigenvalue weighted by molar-refractivity contribution is -0.0545. The van der Waals surface area contributed by atoms with Gasteiger partial charge in [-0.1, -0.05) is 0 Å². The molecule has 0 aromatic carbocycles. The van der Waals surface area contributed by atoms with E-state index >= 15 is 0 Å². The lowest BCUT2D eigenvalue weighted by Gasteiger charge is -2.22. The molecule has 2 rings (SSSR count). The first-order valence-electron chi connectivity index (χ1n) is 4.14. The summed E-state index contributed by atoms with van der Waals surface area (Å²) in [5, 5.41) is 0. The molecular weight excluding hydrogens is 251 g/mol. The van der Waals surface area contributed by atoms with Gasteiger partial charge < -0.3 is 0 Å². The van der Waals surface area contributed by atoms with E-state index in [0.29, 0.717) is 0 Å². The molecule has 2 saturated heterocycles. The van der Waals surface area contributed by atoms with Crippen molar-refractivity contribution in [1.82, 2.24) is 0 Å². The van der Waals surface area contributed by atoms with Gasteiger partial charge in [0, 0.05) is 6.42 Å². The molecule has 0 N–H and O–H groups in total. The largest absolute Gasteiger partial charge is 0.477 e. The smallest absolute Gasteiger partial charge is 0.284 e. The Morgan fingerprint density at radius 2 is 1.87 bits per heavy atom. The second kappa shape index (κ2) is 4.10. The van der Waals surface area contributed by atoms with Crippen molar-refractivity contribution in [3.8, 4) is 0 Å². The van der Waals surface area contributed by atoms with Gasteiger partial charge in [0.05, 0.1) is 19.8 Å². The molecule has 0 spiro atoms. The summed E-state index contributed by atoms with van der Waals surface area (Å²) in [6, 6.07) is 0. The maximum atomic E-state index is 11.5. The Morgan fingerprint density at radius 1 is 1.20 bits per heavy atom. The van der Waals surface area contributed by atoms with Gasteiger partial charge in [-0.15, -0.1) is 0 Å². The maximum absolute atomic E-state index is 11.5. The zero-order valence-electron chi connectivity index (χ0n) is 7.53. The first kappa shape index (κ1) is 11.5. The van der Waals surface area contributed by atoms with Crippen LogP contribution in [0.2, 0.25) is 0 Å². The lowest BCUT2D eigenvalue weighted by atomic mass is 10.5. The van der Waals surface area contributed by atoms with Crippen molar-refractivity contribution < 1.29 is 34.9 Å². The second-order valence-electron chi connectivity index (χ2n) is 2.76. The van der Waals surface area contributed by atoms with E-state index in [2.05, 4.69) is 8.37 Å². The van der Waals surface area contributed by atoms with E-state index in [1.807, 2.05) is 0 Å². The van der Waals surface area contributed by atoms with Crippen LogP contribution in [-0.4, -0.2) is 34.5 Å². The Hall–Kier alpha value is -0.0200. The van der Waals surface area contributed by atoms with Crippen LogP contribution in [-0.2, 0) is 36.9 Å². The van der Waals surface area contributed by atoms with Crippen LogP contribution in [0.5, 0.6) is 0 Å². The van der Waals surface area contributed by atoms with Crippen molar-refractivity contribution in [2.24, 2.45) is 0 Å². The lowest BCUT2D eigenvalue weighted by Crippen LogP contribution is -2.29. The summed E-state index contributed by atoms with van der Waals surface area (Å²) in [5.74, 6) is 0. The Kier molecular flexibility index (Phi) is 3.13. The highest BCUT2D eigenvalue weighted by molar-refractivity contribution is 7.81. The molecule has 10 heteroatoms. The topological polar surface area (TPSA) is 97.4 Å². The fraction of sp³-hybridized carbons (Fsp3) is 1.00. The quantitative estimate of drug-likeness (QED) is 0.648. The minimum Gasteiger partial charge on any atom is -0.284 e. The molecule has 2 heterocycles. The molecule has 0 aromatic rings. The van der Waals surface area contributed by atoms with Crippen LogP contribution in [0.25, 0.3) is 0 Å². The average molecular weight is 260 g/mol. The summed E-state index contributed by atoms with van der Waals surface area (Å²) in [4.78, 5) is 0. The molecule has 2 fully saturated rings. The monoisotopic (exact) mass is 260 g/mol. The second-order valence-corrected chi connectivity index (χ2v) is 5.63. The molecule has 0 amide bonds. The van der Waals surface area contributed by atoms with Gasteiger partial charge in [0.25, 0.3) is 0 Å². The highest BCUT2D eigenvalue weighted by atomic mass is 32.3. The molecule has 0 radical (unpaired) electrons. The zero-order chi connectivity index (χ0) is 10.9. The Morgan fingerprint density at radius 3 is 2.47 bits per heavy atom. The van der Waals surface area contributed by atoms with E-state index < -0.39 is 24.5 Å². The van der Waals surface area contributed by atoms with Gasteiger partial charge in [-0.2, -0.15) is 8.42 Å². The predicted molar refractivity (Wildman–Crippen MR) is 45.0 cm³/mol. The third-order valence-corrected chi connectivity index (χ3v) is 4.03. The molecule has 2 aliphatic rings. The SMILES string of the molecule is O=P1(OC2CCOS(=O)(=O)O2)OCCO1. The standard InChI is InChI=1S/C5H9O8PS/c6-14(9-3-4-10-14)12-5-1-2-11-15(7,8)13-5/h5H,1-4H2. The first-order chi connectivity index (χ1) is 6.99. The van der Waals surface area contributed by atoms with E-state index in [9.17, 15) is 13.0 Å². The third kappa shape index (κ3) is 2.97. The molecular formula is C5H9O8PS. The van der Waals surface area contributed by atoms with Crippen LogP contribution in [0.1, 0.15) is 6.42 Å². The third-order valence-electron chi connectivity index (χ3n) is 1.64. The summed E-state index contributed by atoms with van der Waals surface area (Å²) in [6.07, 6.45) is -1.05. The van der Waals surface area contributed by atoms with Crippen LogP contribution in [0.4, 0.5) is 0 Å². The van der Waals surface area contributed by atoms with Gasteiger partial charge in [0.2, 0.25) is 0 Å². The fourth-order valence-corrected chi connectivity index (χ4v) is 3.11. The molecule has 0 aromatic heterocycles. The maximum Gasteiger partial charge on any atom is 0.477 e. The molecule has 8 nitrogen and oxygen atoms in total. The summed E-state index contributed by atoms with van der Waals surface area (Å²) in [5.41, 5.74) is 0. The predicted octanol–water partition coefficient (Wildman–Crippen LogP) is 0.166. The highest BCUT2D eigenvalue weighted by Crippen LogP contribution is 2.54. The van der Waals surface area contributed by atoms with Crippen molar-refractivity contribution in [1.29, 1.82) is 0 Å². The van der Waals surface area contributed by atoms with Crippen molar-refractivity contribution in [3.63, 3.8) is 0 Å². The highest BCUT2D eigenvalue weighted by Gasteiger charge is 2.39. The van der Waals surface area contributed by atoms with Gasteiger partial charge in [0.15, 0.2) is 6.29 Å². The molecule has 88 valence electrons. The number of hydrogen-bond donors (Lipinski definition) is 0. The summed E-state index contributed by atoms with van der Waals surface area (Å²) >= 11 is 0. The van der Waals surface area contributed by atoms with Crippen molar-refractivity contribution in [2.45, 2.75) is 12.7 Å². The Labute approximate surface area is 86.3 Å². The van der Waals surface area contributed by atoms with Crippen molar-refractivity contribution in [3.05, 3.63) is 0 Å². The van der Waals surface area contributed by atoms with Crippen LogP contribution in [0.3, 0.4) is 0 Å². The van der Waals surface area contributed by atoms with Gasteiger partial charge in [0.1, 0.15) is 0 Å². The fourth-order valence-electron chi connectivity index (χ4n) is 1.06. The van der Waals surface area contributed by atoms with Gasteiger partial charge in [-0.3, -0.25) is 13.6 Å². The van der Waals surface area contributed by atoms with Gasteiger partial charge in [-0.25, -0.2) is 12.9 Å². The molecule has 0 bridgehead atoms. The summed E-state index contributed by atoms with van der Waals surface area (Å²) in [7, 11) is -7.70. The molecule has 0 saturated carbocycles. The normalized spacial score (nSPS) is 34.0. The van der Waals surface area contributed by atoms with Crippen LogP contribution >= 0.6 is 7.82 Å². The van der Waals surface area contributed by atoms with E-state index in [1.165, 1.54) is 0 Å². The summed E-state index contributed by atoms with van der Waals surface area (Å²) < 4.78 is 56.1. The molecule has 1 atom stereocenters. The van der Waals surface area contributed by atoms with E-state index in [1.54, 1.807) is 0 Å². The molecule has 15 heavy (non-hydrogen) atoms. The van der Waals surface area contributed by atoms with E-state index in [4.69, 9.17) is 13.6 Å². The molecule has 0 aliphatic carbocycles. The van der Waals surface area contributed by atoms with E-state index in [-0.39, 0.29) is 26.2 Å². The summed E-state index contributed by atoms with van der Waals surface area (Å²) in [6.45, 7) is 0.202.